The van der Waals surface area contributed by atoms with Crippen molar-refractivity contribution in [2.24, 2.45) is 0 Å². The number of aromatic nitrogens is 2. The number of anilines is 1. The van der Waals surface area contributed by atoms with Crippen LogP contribution in [-0.4, -0.2) is 24.1 Å². The zero-order chi connectivity index (χ0) is 17.9. The van der Waals surface area contributed by atoms with Crippen LogP contribution in [-0.2, 0) is 0 Å². The van der Waals surface area contributed by atoms with Crippen LogP contribution in [0.3, 0.4) is 0 Å². The van der Waals surface area contributed by atoms with Gasteiger partial charge >= 0.3 is 0 Å². The highest BCUT2D eigenvalue weighted by atomic mass is 15.1. The summed E-state index contributed by atoms with van der Waals surface area (Å²) < 4.78 is 0. The first kappa shape index (κ1) is 16.0. The largest absolute Gasteiger partial charge is 0.378 e. The minimum Gasteiger partial charge on any atom is -0.378 e. The van der Waals surface area contributed by atoms with Gasteiger partial charge in [-0.15, -0.1) is 0 Å². The van der Waals surface area contributed by atoms with E-state index in [1.54, 1.807) is 0 Å². The topological polar surface area (TPSA) is 31.9 Å². The Labute approximate surface area is 153 Å². The quantitative estimate of drug-likeness (QED) is 0.538. The molecule has 0 bridgehead atoms. The number of nitrogens with one attached hydrogen (secondary N) is 1. The summed E-state index contributed by atoms with van der Waals surface area (Å²) in [5.41, 5.74) is 6.24. The van der Waals surface area contributed by atoms with Crippen molar-refractivity contribution in [1.82, 2.24) is 9.97 Å². The van der Waals surface area contributed by atoms with Crippen molar-refractivity contribution >= 4 is 16.7 Å². The van der Waals surface area contributed by atoms with Crippen LogP contribution in [0.5, 0.6) is 0 Å². The minimum atomic E-state index is 0.857. The Balaban J connectivity index is 1.72. The molecule has 1 N–H and O–H groups in total. The number of hydrogen-bond donors (Lipinski definition) is 1. The maximum atomic E-state index is 4.56. The molecule has 0 radical (unpaired) electrons. The molecule has 126 valence electrons. The van der Waals surface area contributed by atoms with Gasteiger partial charge in [0.1, 0.15) is 5.65 Å². The lowest BCUT2D eigenvalue weighted by Gasteiger charge is -2.12. The standard InChI is InChI=1S/C23H19N3/c1-26(2)21-12-10-18(11-13-21)20-14-22-19(15-24-23(22)25-16-20)9-8-17-6-4-3-5-7-17/h3-7,10-16H,1-2H3,(H,24,25). The second kappa shape index (κ2) is 6.78. The second-order valence-corrected chi connectivity index (χ2v) is 6.38. The van der Waals surface area contributed by atoms with E-state index in [1.165, 1.54) is 5.69 Å². The molecule has 4 aromatic rings. The molecule has 0 fully saturated rings. The Morgan fingerprint density at radius 1 is 0.885 bits per heavy atom. The highest BCUT2D eigenvalue weighted by molar-refractivity contribution is 5.87. The molecule has 0 aliphatic carbocycles. The lowest BCUT2D eigenvalue weighted by atomic mass is 10.0. The minimum absolute atomic E-state index is 0.857. The fraction of sp³-hybridized carbons (Fsp3) is 0.0870. The third-order valence-electron chi connectivity index (χ3n) is 4.36. The molecule has 2 aromatic carbocycles. The number of rotatable bonds is 2. The van der Waals surface area contributed by atoms with E-state index in [0.29, 0.717) is 0 Å². The van der Waals surface area contributed by atoms with Gasteiger partial charge in [0, 0.05) is 48.7 Å². The van der Waals surface area contributed by atoms with Gasteiger partial charge in [-0.2, -0.15) is 0 Å². The monoisotopic (exact) mass is 337 g/mol. The molecule has 0 saturated heterocycles. The van der Waals surface area contributed by atoms with Crippen LogP contribution in [0.25, 0.3) is 22.2 Å². The molecule has 4 rings (SSSR count). The Hall–Kier alpha value is -3.51. The zero-order valence-corrected chi connectivity index (χ0v) is 14.8. The van der Waals surface area contributed by atoms with Crippen LogP contribution in [0.4, 0.5) is 5.69 Å². The lowest BCUT2D eigenvalue weighted by molar-refractivity contribution is 1.13. The van der Waals surface area contributed by atoms with Crippen molar-refractivity contribution in [3.05, 3.63) is 84.2 Å². The summed E-state index contributed by atoms with van der Waals surface area (Å²) in [5, 5.41) is 1.04. The SMILES string of the molecule is CN(C)c1ccc(-c2cnc3[nH]cc(C#Cc4ccccc4)c3c2)cc1. The second-order valence-electron chi connectivity index (χ2n) is 6.38. The van der Waals surface area contributed by atoms with Crippen molar-refractivity contribution in [1.29, 1.82) is 0 Å². The Morgan fingerprint density at radius 3 is 2.38 bits per heavy atom. The van der Waals surface area contributed by atoms with Gasteiger partial charge in [-0.25, -0.2) is 4.98 Å². The molecular formula is C23H19N3. The molecule has 0 spiro atoms. The fourth-order valence-corrected chi connectivity index (χ4v) is 2.88. The molecule has 2 aromatic heterocycles. The number of fused-ring (bicyclic) bond motifs is 1. The molecule has 2 heterocycles. The maximum absolute atomic E-state index is 4.56. The van der Waals surface area contributed by atoms with Gasteiger partial charge in [-0.05, 0) is 35.9 Å². The first-order valence-corrected chi connectivity index (χ1v) is 8.53. The van der Waals surface area contributed by atoms with Crippen LogP contribution in [0.2, 0.25) is 0 Å². The van der Waals surface area contributed by atoms with Gasteiger partial charge < -0.3 is 9.88 Å². The molecule has 0 unspecified atom stereocenters. The first-order valence-electron chi connectivity index (χ1n) is 8.53. The smallest absolute Gasteiger partial charge is 0.138 e. The summed E-state index contributed by atoms with van der Waals surface area (Å²) in [6.07, 6.45) is 3.82. The molecule has 26 heavy (non-hydrogen) atoms. The Morgan fingerprint density at radius 2 is 1.65 bits per heavy atom. The molecule has 0 aliphatic heterocycles. The Kier molecular flexibility index (Phi) is 4.17. The molecule has 0 saturated carbocycles. The van der Waals surface area contributed by atoms with E-state index in [9.17, 15) is 0 Å². The summed E-state index contributed by atoms with van der Waals surface area (Å²) in [4.78, 5) is 9.86. The summed E-state index contributed by atoms with van der Waals surface area (Å²) in [7, 11) is 4.08. The normalized spacial score (nSPS) is 10.4. The third kappa shape index (κ3) is 3.18. The van der Waals surface area contributed by atoms with Gasteiger partial charge in [0.15, 0.2) is 0 Å². The highest BCUT2D eigenvalue weighted by Gasteiger charge is 2.06. The molecule has 0 amide bonds. The predicted octanol–water partition coefficient (Wildman–Crippen LogP) is 4.70. The molecule has 0 atom stereocenters. The fourth-order valence-electron chi connectivity index (χ4n) is 2.88. The average molecular weight is 337 g/mol. The van der Waals surface area contributed by atoms with E-state index in [-0.39, 0.29) is 0 Å². The predicted molar refractivity (Wildman–Crippen MR) is 108 cm³/mol. The van der Waals surface area contributed by atoms with Crippen molar-refractivity contribution in [2.75, 3.05) is 19.0 Å². The van der Waals surface area contributed by atoms with Gasteiger partial charge in [0.2, 0.25) is 0 Å². The summed E-state index contributed by atoms with van der Waals surface area (Å²) >= 11 is 0. The average Bonchev–Trinajstić information content (AvgIpc) is 3.09. The van der Waals surface area contributed by atoms with E-state index >= 15 is 0 Å². The van der Waals surface area contributed by atoms with Gasteiger partial charge in [-0.3, -0.25) is 0 Å². The summed E-state index contributed by atoms with van der Waals surface area (Å²) in [5.74, 6) is 6.47. The van der Waals surface area contributed by atoms with Gasteiger partial charge in [-0.1, -0.05) is 42.2 Å². The van der Waals surface area contributed by atoms with Crippen LogP contribution in [0.1, 0.15) is 11.1 Å². The summed E-state index contributed by atoms with van der Waals surface area (Å²) in [6, 6.07) is 20.6. The third-order valence-corrected chi connectivity index (χ3v) is 4.36. The number of H-pyrrole nitrogens is 1. The Bertz CT molecular complexity index is 1100. The molecule has 3 nitrogen and oxygen atoms in total. The van der Waals surface area contributed by atoms with Crippen molar-refractivity contribution in [3.8, 4) is 23.0 Å². The zero-order valence-electron chi connectivity index (χ0n) is 14.8. The van der Waals surface area contributed by atoms with Crippen molar-refractivity contribution < 1.29 is 0 Å². The van der Waals surface area contributed by atoms with Gasteiger partial charge in [0.25, 0.3) is 0 Å². The number of nitrogens with zero attached hydrogens (tertiary/aromatic N) is 2. The molecule has 3 heteroatoms. The van der Waals surface area contributed by atoms with Crippen LogP contribution >= 0.6 is 0 Å². The van der Waals surface area contributed by atoms with Crippen LogP contribution < -0.4 is 4.90 Å². The van der Waals surface area contributed by atoms with E-state index in [4.69, 9.17) is 0 Å². The number of pyridine rings is 1. The molecule has 0 aliphatic rings. The maximum Gasteiger partial charge on any atom is 0.138 e. The van der Waals surface area contributed by atoms with Crippen molar-refractivity contribution in [3.63, 3.8) is 0 Å². The van der Waals surface area contributed by atoms with Gasteiger partial charge in [0.05, 0.1) is 5.56 Å². The summed E-state index contributed by atoms with van der Waals surface area (Å²) in [6.45, 7) is 0. The van der Waals surface area contributed by atoms with E-state index in [1.807, 2.05) is 56.8 Å². The number of benzene rings is 2. The number of hydrogen-bond acceptors (Lipinski definition) is 2. The van der Waals surface area contributed by atoms with E-state index in [0.717, 1.165) is 33.3 Å². The highest BCUT2D eigenvalue weighted by Crippen LogP contribution is 2.26. The van der Waals surface area contributed by atoms with E-state index < -0.39 is 0 Å². The number of aromatic amines is 1. The molecular weight excluding hydrogens is 318 g/mol. The van der Waals surface area contributed by atoms with Crippen LogP contribution in [0.15, 0.2) is 73.1 Å². The first-order chi connectivity index (χ1) is 12.7. The van der Waals surface area contributed by atoms with Crippen LogP contribution in [0, 0.1) is 11.8 Å². The van der Waals surface area contributed by atoms with E-state index in [2.05, 4.69) is 57.0 Å². The lowest BCUT2D eigenvalue weighted by Crippen LogP contribution is -2.07. The van der Waals surface area contributed by atoms with Crippen molar-refractivity contribution in [2.45, 2.75) is 0 Å².